The molecule has 2 heterocycles. The van der Waals surface area contributed by atoms with Crippen molar-refractivity contribution in [1.29, 1.82) is 0 Å². The number of rotatable bonds is 1. The number of furan rings is 1. The third-order valence-electron chi connectivity index (χ3n) is 1.99. The van der Waals surface area contributed by atoms with Gasteiger partial charge in [0.1, 0.15) is 6.26 Å². The maximum Gasteiger partial charge on any atom is 0.114 e. The first kappa shape index (κ1) is 9.42. The molecule has 12 heavy (non-hydrogen) atoms. The minimum Gasteiger partial charge on any atom is -0.470 e. The fourth-order valence-corrected chi connectivity index (χ4v) is 1.36. The Morgan fingerprint density at radius 1 is 1.33 bits per heavy atom. The Balaban J connectivity index is 0.000000720. The second-order valence-electron chi connectivity index (χ2n) is 2.72. The van der Waals surface area contributed by atoms with Crippen molar-refractivity contribution in [2.75, 3.05) is 31.1 Å². The van der Waals surface area contributed by atoms with E-state index >= 15 is 0 Å². The Morgan fingerprint density at radius 2 is 2.08 bits per heavy atom. The van der Waals surface area contributed by atoms with Crippen molar-refractivity contribution in [3.8, 4) is 0 Å². The van der Waals surface area contributed by atoms with Gasteiger partial charge in [-0.05, 0) is 6.07 Å². The maximum atomic E-state index is 5.01. The van der Waals surface area contributed by atoms with Gasteiger partial charge in [-0.15, -0.1) is 12.4 Å². The number of anilines is 1. The molecule has 4 heteroatoms. The molecule has 1 aliphatic rings. The van der Waals surface area contributed by atoms with E-state index in [-0.39, 0.29) is 12.4 Å². The van der Waals surface area contributed by atoms with Crippen LogP contribution in [0.5, 0.6) is 0 Å². The van der Waals surface area contributed by atoms with Gasteiger partial charge in [0.2, 0.25) is 0 Å². The van der Waals surface area contributed by atoms with Gasteiger partial charge in [-0.25, -0.2) is 0 Å². The van der Waals surface area contributed by atoms with Crippen LogP contribution >= 0.6 is 12.4 Å². The standard InChI is InChI=1S/C8H12N2O.ClH/c1-6-11-7-8(1)10-4-2-9-3-5-10;/h1,6-7,9H,2-5H2;1H. The van der Waals surface area contributed by atoms with Crippen LogP contribution in [0.1, 0.15) is 0 Å². The van der Waals surface area contributed by atoms with Crippen LogP contribution in [0.3, 0.4) is 0 Å². The third kappa shape index (κ3) is 1.93. The van der Waals surface area contributed by atoms with Crippen LogP contribution in [0.4, 0.5) is 5.69 Å². The minimum absolute atomic E-state index is 0. The first-order valence-electron chi connectivity index (χ1n) is 3.95. The summed E-state index contributed by atoms with van der Waals surface area (Å²) in [6.45, 7) is 4.31. The highest BCUT2D eigenvalue weighted by Gasteiger charge is 2.10. The van der Waals surface area contributed by atoms with Gasteiger partial charge < -0.3 is 14.6 Å². The highest BCUT2D eigenvalue weighted by atomic mass is 35.5. The van der Waals surface area contributed by atoms with Crippen LogP contribution in [0, 0.1) is 0 Å². The zero-order chi connectivity index (χ0) is 7.52. The molecule has 2 rings (SSSR count). The molecule has 3 nitrogen and oxygen atoms in total. The second-order valence-corrected chi connectivity index (χ2v) is 2.72. The second kappa shape index (κ2) is 4.38. The van der Waals surface area contributed by atoms with Crippen molar-refractivity contribution in [3.63, 3.8) is 0 Å². The van der Waals surface area contributed by atoms with Crippen molar-refractivity contribution in [2.45, 2.75) is 0 Å². The summed E-state index contributed by atoms with van der Waals surface area (Å²) in [5, 5.41) is 3.30. The molecule has 0 amide bonds. The Hall–Kier alpha value is -0.670. The maximum absolute atomic E-state index is 5.01. The van der Waals surface area contributed by atoms with Gasteiger partial charge in [-0.3, -0.25) is 0 Å². The number of halogens is 1. The molecule has 0 radical (unpaired) electrons. The summed E-state index contributed by atoms with van der Waals surface area (Å²) >= 11 is 0. The van der Waals surface area contributed by atoms with E-state index in [2.05, 4.69) is 10.2 Å². The molecule has 0 bridgehead atoms. The first-order valence-corrected chi connectivity index (χ1v) is 3.95. The summed E-state index contributed by atoms with van der Waals surface area (Å²) in [4.78, 5) is 2.32. The van der Waals surface area contributed by atoms with E-state index in [1.807, 2.05) is 6.07 Å². The number of nitrogens with one attached hydrogen (secondary N) is 1. The highest BCUT2D eigenvalue weighted by Crippen LogP contribution is 2.13. The van der Waals surface area contributed by atoms with Gasteiger partial charge in [0.05, 0.1) is 12.0 Å². The average molecular weight is 189 g/mol. The van der Waals surface area contributed by atoms with Crippen LogP contribution in [-0.4, -0.2) is 26.2 Å². The number of piperazine rings is 1. The summed E-state index contributed by atoms with van der Waals surface area (Å²) in [5.74, 6) is 0. The molecule has 1 aromatic heterocycles. The molecule has 1 aromatic rings. The predicted octanol–water partition coefficient (Wildman–Crippen LogP) is 1.11. The van der Waals surface area contributed by atoms with Gasteiger partial charge in [-0.1, -0.05) is 0 Å². The fraction of sp³-hybridized carbons (Fsp3) is 0.500. The predicted molar refractivity (Wildman–Crippen MR) is 51.0 cm³/mol. The van der Waals surface area contributed by atoms with Gasteiger partial charge in [0, 0.05) is 26.2 Å². The van der Waals surface area contributed by atoms with Crippen LogP contribution in [0.2, 0.25) is 0 Å². The van der Waals surface area contributed by atoms with Crippen molar-refractivity contribution < 1.29 is 4.42 Å². The monoisotopic (exact) mass is 188 g/mol. The smallest absolute Gasteiger partial charge is 0.114 e. The number of hydrogen-bond acceptors (Lipinski definition) is 3. The molecule has 0 aromatic carbocycles. The molecule has 0 unspecified atom stereocenters. The molecule has 1 N–H and O–H groups in total. The Kier molecular flexibility index (Phi) is 3.44. The quantitative estimate of drug-likeness (QED) is 0.716. The van der Waals surface area contributed by atoms with E-state index in [9.17, 15) is 0 Å². The lowest BCUT2D eigenvalue weighted by molar-refractivity contribution is 0.557. The Morgan fingerprint density at radius 3 is 2.67 bits per heavy atom. The molecule has 1 aliphatic heterocycles. The zero-order valence-electron chi connectivity index (χ0n) is 6.82. The Bertz CT molecular complexity index is 207. The van der Waals surface area contributed by atoms with E-state index in [1.165, 1.54) is 5.69 Å². The molecule has 1 fully saturated rings. The van der Waals surface area contributed by atoms with Crippen LogP contribution in [0.25, 0.3) is 0 Å². The molecule has 0 atom stereocenters. The number of hydrogen-bond donors (Lipinski definition) is 1. The Labute approximate surface area is 78.1 Å². The van der Waals surface area contributed by atoms with Crippen LogP contribution < -0.4 is 10.2 Å². The topological polar surface area (TPSA) is 28.4 Å². The van der Waals surface area contributed by atoms with E-state index in [1.54, 1.807) is 12.5 Å². The van der Waals surface area contributed by atoms with E-state index in [4.69, 9.17) is 4.42 Å². The fourth-order valence-electron chi connectivity index (χ4n) is 1.36. The summed E-state index contributed by atoms with van der Waals surface area (Å²) in [6, 6.07) is 2.01. The zero-order valence-corrected chi connectivity index (χ0v) is 7.64. The summed E-state index contributed by atoms with van der Waals surface area (Å²) in [5.41, 5.74) is 1.20. The van der Waals surface area contributed by atoms with Gasteiger partial charge in [0.25, 0.3) is 0 Å². The van der Waals surface area contributed by atoms with Gasteiger partial charge >= 0.3 is 0 Å². The van der Waals surface area contributed by atoms with Crippen LogP contribution in [0.15, 0.2) is 23.0 Å². The van der Waals surface area contributed by atoms with Crippen molar-refractivity contribution in [1.82, 2.24) is 5.32 Å². The summed E-state index contributed by atoms with van der Waals surface area (Å²) in [7, 11) is 0. The van der Waals surface area contributed by atoms with Crippen molar-refractivity contribution >= 4 is 18.1 Å². The molecule has 0 spiro atoms. The minimum atomic E-state index is 0. The van der Waals surface area contributed by atoms with E-state index in [0.29, 0.717) is 0 Å². The normalized spacial score (nSPS) is 17.2. The summed E-state index contributed by atoms with van der Waals surface area (Å²) < 4.78 is 5.01. The lowest BCUT2D eigenvalue weighted by Crippen LogP contribution is -2.43. The lowest BCUT2D eigenvalue weighted by Gasteiger charge is -2.27. The molecular weight excluding hydrogens is 176 g/mol. The highest BCUT2D eigenvalue weighted by molar-refractivity contribution is 5.85. The third-order valence-corrected chi connectivity index (χ3v) is 1.99. The van der Waals surface area contributed by atoms with Crippen LogP contribution in [-0.2, 0) is 0 Å². The van der Waals surface area contributed by atoms with E-state index < -0.39 is 0 Å². The molecule has 0 aliphatic carbocycles. The SMILES string of the molecule is Cl.c1cc(N2CCNCC2)co1. The molecule has 68 valence electrons. The first-order chi connectivity index (χ1) is 5.47. The molecular formula is C8H13ClN2O. The van der Waals surface area contributed by atoms with Gasteiger partial charge in [0.15, 0.2) is 0 Å². The molecule has 0 saturated carbocycles. The average Bonchev–Trinajstić information content (AvgIpc) is 2.58. The molecule has 1 saturated heterocycles. The van der Waals surface area contributed by atoms with E-state index in [0.717, 1.165) is 26.2 Å². The van der Waals surface area contributed by atoms with Gasteiger partial charge in [-0.2, -0.15) is 0 Å². The summed E-state index contributed by atoms with van der Waals surface area (Å²) in [6.07, 6.45) is 3.52. The largest absolute Gasteiger partial charge is 0.470 e. The lowest BCUT2D eigenvalue weighted by atomic mass is 10.3. The number of nitrogens with zero attached hydrogens (tertiary/aromatic N) is 1. The van der Waals surface area contributed by atoms with Crippen molar-refractivity contribution in [3.05, 3.63) is 18.6 Å². The van der Waals surface area contributed by atoms with Crippen molar-refractivity contribution in [2.24, 2.45) is 0 Å².